The first-order chi connectivity index (χ1) is 12.0. The SMILES string of the molecule is CCCCc1ccc(C(=O)OCCC(C)(CCC)NCCOC)cc1. The van der Waals surface area contributed by atoms with Crippen LogP contribution < -0.4 is 5.32 Å². The molecule has 0 aliphatic carbocycles. The maximum absolute atomic E-state index is 12.2. The fourth-order valence-corrected chi connectivity index (χ4v) is 2.95. The maximum atomic E-state index is 12.2. The molecular weight excluding hydrogens is 314 g/mol. The molecule has 0 saturated carbocycles. The molecule has 0 radical (unpaired) electrons. The molecule has 0 amide bonds. The van der Waals surface area contributed by atoms with Crippen molar-refractivity contribution in [3.05, 3.63) is 35.4 Å². The molecule has 1 rings (SSSR count). The van der Waals surface area contributed by atoms with Crippen LogP contribution in [0.2, 0.25) is 0 Å². The number of aryl methyl sites for hydroxylation is 1. The molecule has 0 aliphatic heterocycles. The zero-order chi connectivity index (χ0) is 18.5. The number of unbranched alkanes of at least 4 members (excludes halogenated alkanes) is 1. The lowest BCUT2D eigenvalue weighted by molar-refractivity contribution is 0.0462. The van der Waals surface area contributed by atoms with Gasteiger partial charge in [0.25, 0.3) is 0 Å². The van der Waals surface area contributed by atoms with Crippen LogP contribution in [0.15, 0.2) is 24.3 Å². The summed E-state index contributed by atoms with van der Waals surface area (Å²) in [5.41, 5.74) is 1.87. The van der Waals surface area contributed by atoms with Gasteiger partial charge in [0, 0.05) is 19.2 Å². The van der Waals surface area contributed by atoms with Crippen LogP contribution in [-0.2, 0) is 15.9 Å². The number of carbonyl (C=O) groups excluding carboxylic acids is 1. The van der Waals surface area contributed by atoms with Gasteiger partial charge in [-0.05, 0) is 50.3 Å². The minimum atomic E-state index is -0.238. The molecule has 25 heavy (non-hydrogen) atoms. The number of esters is 1. The van der Waals surface area contributed by atoms with Crippen molar-refractivity contribution in [2.24, 2.45) is 0 Å². The number of rotatable bonds is 13. The number of ether oxygens (including phenoxy) is 2. The normalized spacial score (nSPS) is 13.4. The standard InChI is InChI=1S/C21H35NO3/c1-5-7-8-18-9-11-19(12-10-18)20(23)25-16-14-21(3,13-6-2)22-15-17-24-4/h9-12,22H,5-8,13-17H2,1-4H3. The Balaban J connectivity index is 2.45. The first-order valence-corrected chi connectivity index (χ1v) is 9.54. The Hall–Kier alpha value is -1.39. The topological polar surface area (TPSA) is 47.6 Å². The summed E-state index contributed by atoms with van der Waals surface area (Å²) >= 11 is 0. The Morgan fingerprint density at radius 1 is 1.08 bits per heavy atom. The van der Waals surface area contributed by atoms with E-state index in [9.17, 15) is 4.79 Å². The van der Waals surface area contributed by atoms with Gasteiger partial charge in [-0.2, -0.15) is 0 Å². The lowest BCUT2D eigenvalue weighted by Gasteiger charge is -2.30. The Bertz CT molecular complexity index is 486. The minimum Gasteiger partial charge on any atom is -0.462 e. The third-order valence-electron chi connectivity index (χ3n) is 4.56. The number of carbonyl (C=O) groups is 1. The van der Waals surface area contributed by atoms with E-state index in [1.807, 2.05) is 24.3 Å². The molecule has 0 aliphatic rings. The first kappa shape index (κ1) is 21.7. The van der Waals surface area contributed by atoms with Gasteiger partial charge in [-0.1, -0.05) is 38.8 Å². The fraction of sp³-hybridized carbons (Fsp3) is 0.667. The zero-order valence-electron chi connectivity index (χ0n) is 16.4. The van der Waals surface area contributed by atoms with Crippen LogP contribution in [0.5, 0.6) is 0 Å². The molecule has 4 nitrogen and oxygen atoms in total. The molecule has 0 aromatic heterocycles. The molecule has 4 heteroatoms. The summed E-state index contributed by atoms with van der Waals surface area (Å²) in [4.78, 5) is 12.2. The molecule has 1 atom stereocenters. The highest BCUT2D eigenvalue weighted by Gasteiger charge is 2.22. The van der Waals surface area contributed by atoms with Crippen molar-refractivity contribution in [2.45, 2.75) is 64.8 Å². The first-order valence-electron chi connectivity index (χ1n) is 9.54. The number of hydrogen-bond acceptors (Lipinski definition) is 4. The van der Waals surface area contributed by atoms with E-state index < -0.39 is 0 Å². The third kappa shape index (κ3) is 8.50. The highest BCUT2D eigenvalue weighted by Crippen LogP contribution is 2.17. The van der Waals surface area contributed by atoms with Crippen LogP contribution in [0.25, 0.3) is 0 Å². The number of benzene rings is 1. The molecule has 0 spiro atoms. The molecule has 0 saturated heterocycles. The summed E-state index contributed by atoms with van der Waals surface area (Å²) in [6.07, 6.45) is 6.35. The fourth-order valence-electron chi connectivity index (χ4n) is 2.95. The monoisotopic (exact) mass is 349 g/mol. The van der Waals surface area contributed by atoms with E-state index in [2.05, 4.69) is 26.1 Å². The van der Waals surface area contributed by atoms with E-state index in [1.165, 1.54) is 18.4 Å². The van der Waals surface area contributed by atoms with Crippen LogP contribution in [0.3, 0.4) is 0 Å². The van der Waals surface area contributed by atoms with Crippen LogP contribution in [0, 0.1) is 0 Å². The molecule has 0 bridgehead atoms. The lowest BCUT2D eigenvalue weighted by atomic mass is 9.92. The molecule has 0 heterocycles. The van der Waals surface area contributed by atoms with E-state index in [0.717, 1.165) is 32.2 Å². The minimum absolute atomic E-state index is 0.0302. The molecule has 1 aromatic carbocycles. The summed E-state index contributed by atoms with van der Waals surface area (Å²) in [5.74, 6) is -0.238. The molecule has 0 fully saturated rings. The summed E-state index contributed by atoms with van der Waals surface area (Å²) < 4.78 is 10.6. The number of hydrogen-bond donors (Lipinski definition) is 1. The highest BCUT2D eigenvalue weighted by atomic mass is 16.5. The van der Waals surface area contributed by atoms with Gasteiger partial charge in [-0.3, -0.25) is 0 Å². The summed E-state index contributed by atoms with van der Waals surface area (Å²) in [6.45, 7) is 8.45. The maximum Gasteiger partial charge on any atom is 0.338 e. The van der Waals surface area contributed by atoms with Gasteiger partial charge in [-0.25, -0.2) is 4.79 Å². The molecule has 142 valence electrons. The number of nitrogens with one attached hydrogen (secondary N) is 1. The lowest BCUT2D eigenvalue weighted by Crippen LogP contribution is -2.44. The van der Waals surface area contributed by atoms with Gasteiger partial charge in [-0.15, -0.1) is 0 Å². The Labute approximate surface area is 153 Å². The third-order valence-corrected chi connectivity index (χ3v) is 4.56. The smallest absolute Gasteiger partial charge is 0.338 e. The van der Waals surface area contributed by atoms with Gasteiger partial charge in [0.1, 0.15) is 0 Å². The summed E-state index contributed by atoms with van der Waals surface area (Å²) in [6, 6.07) is 7.80. The molecule has 1 N–H and O–H groups in total. The van der Waals surface area contributed by atoms with E-state index in [4.69, 9.17) is 9.47 Å². The van der Waals surface area contributed by atoms with Crippen molar-refractivity contribution in [3.8, 4) is 0 Å². The van der Waals surface area contributed by atoms with Crippen molar-refractivity contribution >= 4 is 5.97 Å². The van der Waals surface area contributed by atoms with E-state index in [0.29, 0.717) is 18.8 Å². The van der Waals surface area contributed by atoms with E-state index in [1.54, 1.807) is 7.11 Å². The van der Waals surface area contributed by atoms with E-state index in [-0.39, 0.29) is 11.5 Å². The summed E-state index contributed by atoms with van der Waals surface area (Å²) in [5, 5.41) is 3.52. The summed E-state index contributed by atoms with van der Waals surface area (Å²) in [7, 11) is 1.70. The van der Waals surface area contributed by atoms with Gasteiger partial charge in [0.2, 0.25) is 0 Å². The highest BCUT2D eigenvalue weighted by molar-refractivity contribution is 5.89. The Morgan fingerprint density at radius 2 is 1.80 bits per heavy atom. The van der Waals surface area contributed by atoms with E-state index >= 15 is 0 Å². The van der Waals surface area contributed by atoms with Crippen LogP contribution in [-0.4, -0.2) is 38.4 Å². The predicted octanol–water partition coefficient (Wildman–Crippen LogP) is 4.37. The van der Waals surface area contributed by atoms with Gasteiger partial charge < -0.3 is 14.8 Å². The predicted molar refractivity (Wildman–Crippen MR) is 103 cm³/mol. The Kier molecular flexibility index (Phi) is 10.4. The second kappa shape index (κ2) is 12.0. The van der Waals surface area contributed by atoms with Crippen molar-refractivity contribution in [1.29, 1.82) is 0 Å². The van der Waals surface area contributed by atoms with Crippen molar-refractivity contribution < 1.29 is 14.3 Å². The van der Waals surface area contributed by atoms with Crippen LogP contribution in [0.4, 0.5) is 0 Å². The van der Waals surface area contributed by atoms with Gasteiger partial charge >= 0.3 is 5.97 Å². The second-order valence-corrected chi connectivity index (χ2v) is 6.92. The van der Waals surface area contributed by atoms with Crippen LogP contribution in [0.1, 0.15) is 68.8 Å². The Morgan fingerprint density at radius 3 is 2.40 bits per heavy atom. The zero-order valence-corrected chi connectivity index (χ0v) is 16.4. The average molecular weight is 350 g/mol. The van der Waals surface area contributed by atoms with Gasteiger partial charge in [0.05, 0.1) is 18.8 Å². The second-order valence-electron chi connectivity index (χ2n) is 6.92. The van der Waals surface area contributed by atoms with Gasteiger partial charge in [0.15, 0.2) is 0 Å². The average Bonchev–Trinajstić information content (AvgIpc) is 2.61. The molecule has 1 aromatic rings. The largest absolute Gasteiger partial charge is 0.462 e. The van der Waals surface area contributed by atoms with Crippen molar-refractivity contribution in [2.75, 3.05) is 26.9 Å². The van der Waals surface area contributed by atoms with Crippen LogP contribution >= 0.6 is 0 Å². The van der Waals surface area contributed by atoms with Crippen molar-refractivity contribution in [1.82, 2.24) is 5.32 Å². The molecule has 1 unspecified atom stereocenters. The number of methoxy groups -OCH3 is 1. The van der Waals surface area contributed by atoms with Crippen molar-refractivity contribution in [3.63, 3.8) is 0 Å². The molecular formula is C21H35NO3. The quantitative estimate of drug-likeness (QED) is 0.424.